The Kier molecular flexibility index (Phi) is 2.68. The zero-order valence-corrected chi connectivity index (χ0v) is 6.23. The summed E-state index contributed by atoms with van der Waals surface area (Å²) in [6, 6.07) is 0. The van der Waals surface area contributed by atoms with Crippen molar-refractivity contribution in [3.05, 3.63) is 6.92 Å². The number of ether oxygens (including phenoxy) is 1. The van der Waals surface area contributed by atoms with Gasteiger partial charge in [0.1, 0.15) is 0 Å². The summed E-state index contributed by atoms with van der Waals surface area (Å²) in [7, 11) is 1.39. The third kappa shape index (κ3) is 2.04. The van der Waals surface area contributed by atoms with Crippen molar-refractivity contribution >= 4 is 5.97 Å². The van der Waals surface area contributed by atoms with Crippen LogP contribution in [0.5, 0.6) is 0 Å². The highest BCUT2D eigenvalue weighted by Gasteiger charge is 2.25. The molecule has 2 nitrogen and oxygen atoms in total. The van der Waals surface area contributed by atoms with Crippen molar-refractivity contribution in [3.63, 3.8) is 0 Å². The first-order valence-corrected chi connectivity index (χ1v) is 2.92. The van der Waals surface area contributed by atoms with Crippen LogP contribution in [0.2, 0.25) is 0 Å². The topological polar surface area (TPSA) is 26.3 Å². The van der Waals surface area contributed by atoms with Crippen molar-refractivity contribution in [3.8, 4) is 0 Å². The zero-order chi connectivity index (χ0) is 7.49. The lowest BCUT2D eigenvalue weighted by atomic mass is 9.91. The van der Waals surface area contributed by atoms with E-state index in [1.807, 2.05) is 13.8 Å². The summed E-state index contributed by atoms with van der Waals surface area (Å²) in [5, 5.41) is 0. The van der Waals surface area contributed by atoms with Gasteiger partial charge in [0.2, 0.25) is 0 Å². The maximum atomic E-state index is 10.8. The number of methoxy groups -OCH3 is 1. The van der Waals surface area contributed by atoms with E-state index in [2.05, 4.69) is 11.7 Å². The van der Waals surface area contributed by atoms with Crippen LogP contribution in [0.25, 0.3) is 0 Å². The molecule has 53 valence electrons. The molecule has 0 heterocycles. The molecule has 0 aliphatic carbocycles. The van der Waals surface area contributed by atoms with Gasteiger partial charge >= 0.3 is 5.97 Å². The van der Waals surface area contributed by atoms with Gasteiger partial charge in [0.15, 0.2) is 0 Å². The first-order valence-electron chi connectivity index (χ1n) is 2.92. The average molecular weight is 129 g/mol. The fourth-order valence-electron chi connectivity index (χ4n) is 0.378. The molecule has 0 spiro atoms. The summed E-state index contributed by atoms with van der Waals surface area (Å²) in [5.74, 6) is -0.197. The molecule has 0 aliphatic rings. The van der Waals surface area contributed by atoms with Crippen LogP contribution < -0.4 is 0 Å². The molecular formula is C7H13O2. The minimum Gasteiger partial charge on any atom is -0.469 e. The van der Waals surface area contributed by atoms with E-state index in [0.717, 1.165) is 0 Å². The summed E-state index contributed by atoms with van der Waals surface area (Å²) in [5.41, 5.74) is -0.422. The number of rotatable bonds is 2. The Balaban J connectivity index is 3.97. The van der Waals surface area contributed by atoms with Crippen molar-refractivity contribution in [2.45, 2.75) is 20.3 Å². The van der Waals surface area contributed by atoms with Crippen LogP contribution in [0.4, 0.5) is 0 Å². The van der Waals surface area contributed by atoms with Crippen molar-refractivity contribution < 1.29 is 9.53 Å². The molecular weight excluding hydrogens is 116 g/mol. The molecule has 0 rings (SSSR count). The monoisotopic (exact) mass is 129 g/mol. The van der Waals surface area contributed by atoms with Crippen LogP contribution in [0.1, 0.15) is 20.3 Å². The summed E-state index contributed by atoms with van der Waals surface area (Å²) in [6.07, 6.45) is 0.569. The van der Waals surface area contributed by atoms with Gasteiger partial charge in [-0.15, -0.1) is 0 Å². The number of carbonyl (C=O) groups is 1. The van der Waals surface area contributed by atoms with Gasteiger partial charge in [-0.3, -0.25) is 4.79 Å². The maximum Gasteiger partial charge on any atom is 0.311 e. The van der Waals surface area contributed by atoms with Gasteiger partial charge in [-0.25, -0.2) is 0 Å². The first-order chi connectivity index (χ1) is 4.04. The standard InChI is InChI=1S/C7H13O2/c1-5-7(2,3)6(8)9-4/h1,5H2,2-4H3. The Morgan fingerprint density at radius 3 is 2.22 bits per heavy atom. The molecule has 0 aliphatic heterocycles. The lowest BCUT2D eigenvalue weighted by molar-refractivity contribution is -0.150. The van der Waals surface area contributed by atoms with Gasteiger partial charge in [-0.2, -0.15) is 0 Å². The zero-order valence-electron chi connectivity index (χ0n) is 6.23. The van der Waals surface area contributed by atoms with E-state index in [4.69, 9.17) is 0 Å². The van der Waals surface area contributed by atoms with Crippen molar-refractivity contribution in [2.24, 2.45) is 5.41 Å². The molecule has 9 heavy (non-hydrogen) atoms. The quantitative estimate of drug-likeness (QED) is 0.527. The van der Waals surface area contributed by atoms with Gasteiger partial charge in [0.25, 0.3) is 0 Å². The number of carbonyl (C=O) groups excluding carboxylic acids is 1. The second-order valence-corrected chi connectivity index (χ2v) is 2.63. The van der Waals surface area contributed by atoms with Crippen molar-refractivity contribution in [1.82, 2.24) is 0 Å². The Bertz CT molecular complexity index is 105. The van der Waals surface area contributed by atoms with Crippen molar-refractivity contribution in [2.75, 3.05) is 7.11 Å². The maximum absolute atomic E-state index is 10.8. The lowest BCUT2D eigenvalue weighted by Crippen LogP contribution is -2.24. The average Bonchev–Trinajstić information content (AvgIpc) is 1.86. The van der Waals surface area contributed by atoms with Crippen LogP contribution in [-0.4, -0.2) is 13.1 Å². The molecule has 0 atom stereocenters. The minimum absolute atomic E-state index is 0.197. The van der Waals surface area contributed by atoms with Gasteiger partial charge in [-0.05, 0) is 20.3 Å². The van der Waals surface area contributed by atoms with Crippen LogP contribution in [0.3, 0.4) is 0 Å². The molecule has 0 bridgehead atoms. The summed E-state index contributed by atoms with van der Waals surface area (Å²) >= 11 is 0. The molecule has 0 aromatic heterocycles. The van der Waals surface area contributed by atoms with E-state index < -0.39 is 5.41 Å². The van der Waals surface area contributed by atoms with Crippen LogP contribution in [0.15, 0.2) is 0 Å². The third-order valence-corrected chi connectivity index (χ3v) is 1.36. The van der Waals surface area contributed by atoms with Crippen LogP contribution in [-0.2, 0) is 9.53 Å². The molecule has 0 fully saturated rings. The summed E-state index contributed by atoms with van der Waals surface area (Å²) in [6.45, 7) is 7.25. The van der Waals surface area contributed by atoms with Gasteiger partial charge in [0.05, 0.1) is 12.5 Å². The number of hydrogen-bond donors (Lipinski definition) is 0. The lowest BCUT2D eigenvalue weighted by Gasteiger charge is -2.17. The highest BCUT2D eigenvalue weighted by Crippen LogP contribution is 2.20. The van der Waals surface area contributed by atoms with Gasteiger partial charge in [-0.1, -0.05) is 6.92 Å². The molecule has 1 radical (unpaired) electrons. The first kappa shape index (κ1) is 8.47. The number of hydrogen-bond acceptors (Lipinski definition) is 2. The molecule has 2 heteroatoms. The second-order valence-electron chi connectivity index (χ2n) is 2.63. The van der Waals surface area contributed by atoms with E-state index in [0.29, 0.717) is 6.42 Å². The van der Waals surface area contributed by atoms with E-state index in [1.165, 1.54) is 7.11 Å². The summed E-state index contributed by atoms with van der Waals surface area (Å²) in [4.78, 5) is 10.8. The van der Waals surface area contributed by atoms with Crippen LogP contribution >= 0.6 is 0 Å². The summed E-state index contributed by atoms with van der Waals surface area (Å²) < 4.78 is 4.53. The van der Waals surface area contributed by atoms with E-state index in [-0.39, 0.29) is 5.97 Å². The second kappa shape index (κ2) is 2.85. The third-order valence-electron chi connectivity index (χ3n) is 1.36. The fourth-order valence-corrected chi connectivity index (χ4v) is 0.378. The van der Waals surface area contributed by atoms with Crippen LogP contribution in [0, 0.1) is 12.3 Å². The molecule has 0 unspecified atom stereocenters. The highest BCUT2D eigenvalue weighted by atomic mass is 16.5. The van der Waals surface area contributed by atoms with E-state index in [9.17, 15) is 4.79 Å². The minimum atomic E-state index is -0.422. The smallest absolute Gasteiger partial charge is 0.311 e. The number of esters is 1. The Morgan fingerprint density at radius 2 is 2.11 bits per heavy atom. The fraction of sp³-hybridized carbons (Fsp3) is 0.714. The molecule has 0 aromatic carbocycles. The normalized spacial score (nSPS) is 11.1. The van der Waals surface area contributed by atoms with Gasteiger partial charge in [0, 0.05) is 0 Å². The van der Waals surface area contributed by atoms with E-state index in [1.54, 1.807) is 0 Å². The predicted octanol–water partition coefficient (Wildman–Crippen LogP) is 1.41. The molecule has 0 N–H and O–H groups in total. The Labute approximate surface area is 56.2 Å². The van der Waals surface area contributed by atoms with Gasteiger partial charge < -0.3 is 4.74 Å². The highest BCUT2D eigenvalue weighted by molar-refractivity contribution is 5.75. The molecule has 0 aromatic rings. The molecule has 0 saturated carbocycles. The molecule has 0 amide bonds. The molecule has 0 saturated heterocycles. The largest absolute Gasteiger partial charge is 0.469 e. The van der Waals surface area contributed by atoms with E-state index >= 15 is 0 Å². The SMILES string of the molecule is [CH2]CC(C)(C)C(=O)OC. The van der Waals surface area contributed by atoms with Crippen molar-refractivity contribution in [1.29, 1.82) is 0 Å². The predicted molar refractivity (Wildman–Crippen MR) is 35.8 cm³/mol. The Morgan fingerprint density at radius 1 is 1.67 bits per heavy atom. The Hall–Kier alpha value is -0.530.